The number of rotatable bonds is 5. The maximum atomic E-state index is 11.3. The Morgan fingerprint density at radius 2 is 1.95 bits per heavy atom. The average Bonchev–Trinajstić information content (AvgIpc) is 2.45. The van der Waals surface area contributed by atoms with Crippen LogP contribution in [0.4, 0.5) is 5.69 Å². The number of anilines is 1. The van der Waals surface area contributed by atoms with Crippen LogP contribution in [0.5, 0.6) is 0 Å². The van der Waals surface area contributed by atoms with E-state index in [1.165, 1.54) is 5.56 Å². The molecule has 0 unspecified atom stereocenters. The summed E-state index contributed by atoms with van der Waals surface area (Å²) in [6.45, 7) is 2.72. The molecule has 0 aliphatic heterocycles. The molecule has 0 aliphatic rings. The number of hydrogen-bond donors (Lipinski definition) is 2. The highest BCUT2D eigenvalue weighted by molar-refractivity contribution is 5.94. The first-order valence-corrected chi connectivity index (χ1v) is 6.41. The van der Waals surface area contributed by atoms with Crippen molar-refractivity contribution in [2.45, 2.75) is 19.9 Å². The lowest BCUT2D eigenvalue weighted by atomic mass is 10.1. The normalized spacial score (nSPS) is 10.2. The van der Waals surface area contributed by atoms with Crippen LogP contribution in [0.1, 0.15) is 28.4 Å². The molecule has 0 spiro atoms. The van der Waals surface area contributed by atoms with Gasteiger partial charge in [0.2, 0.25) is 5.91 Å². The monoisotopic (exact) mass is 254 g/mol. The Bertz CT molecular complexity index is 578. The van der Waals surface area contributed by atoms with Crippen molar-refractivity contribution in [1.29, 1.82) is 0 Å². The van der Waals surface area contributed by atoms with Gasteiger partial charge in [-0.2, -0.15) is 0 Å². The van der Waals surface area contributed by atoms with Gasteiger partial charge < -0.3 is 11.1 Å². The van der Waals surface area contributed by atoms with Crippen molar-refractivity contribution in [2.75, 3.05) is 5.32 Å². The molecule has 3 N–H and O–H groups in total. The highest BCUT2D eigenvalue weighted by Crippen LogP contribution is 2.14. The molecule has 0 saturated carbocycles. The van der Waals surface area contributed by atoms with E-state index in [1.54, 1.807) is 6.07 Å². The summed E-state index contributed by atoms with van der Waals surface area (Å²) in [5.41, 5.74) is 9.19. The lowest BCUT2D eigenvalue weighted by Crippen LogP contribution is -2.15. The summed E-state index contributed by atoms with van der Waals surface area (Å²) in [7, 11) is 0. The van der Waals surface area contributed by atoms with Gasteiger partial charge >= 0.3 is 0 Å². The highest BCUT2D eigenvalue weighted by atomic mass is 16.1. The molecule has 0 fully saturated rings. The zero-order valence-electron chi connectivity index (χ0n) is 11.0. The minimum absolute atomic E-state index is 0.389. The maximum Gasteiger partial charge on any atom is 0.249 e. The van der Waals surface area contributed by atoms with E-state index in [-0.39, 0.29) is 5.91 Å². The zero-order chi connectivity index (χ0) is 13.7. The predicted octanol–water partition coefficient (Wildman–Crippen LogP) is 2.96. The lowest BCUT2D eigenvalue weighted by Gasteiger charge is -2.10. The first-order valence-electron chi connectivity index (χ1n) is 6.41. The molecular weight excluding hydrogens is 236 g/mol. The van der Waals surface area contributed by atoms with Crippen LogP contribution in [0.25, 0.3) is 0 Å². The number of amides is 1. The Balaban J connectivity index is 2.12. The second-order valence-corrected chi connectivity index (χ2v) is 4.43. The van der Waals surface area contributed by atoms with Crippen molar-refractivity contribution in [2.24, 2.45) is 5.73 Å². The molecule has 0 aromatic heterocycles. The Hall–Kier alpha value is -2.29. The fourth-order valence-corrected chi connectivity index (χ4v) is 2.01. The summed E-state index contributed by atoms with van der Waals surface area (Å²) < 4.78 is 0. The molecular formula is C16H18N2O. The number of nitrogens with two attached hydrogens (primary N) is 1. The number of benzene rings is 2. The third-order valence-corrected chi connectivity index (χ3v) is 3.10. The van der Waals surface area contributed by atoms with Gasteiger partial charge in [0.05, 0.1) is 0 Å². The summed E-state index contributed by atoms with van der Waals surface area (Å²) >= 11 is 0. The molecule has 98 valence electrons. The number of hydrogen-bond acceptors (Lipinski definition) is 2. The summed E-state index contributed by atoms with van der Waals surface area (Å²) in [6, 6.07) is 15.7. The molecule has 2 aromatic carbocycles. The van der Waals surface area contributed by atoms with E-state index >= 15 is 0 Å². The molecule has 1 amide bonds. The third kappa shape index (κ3) is 3.35. The minimum Gasteiger partial charge on any atom is -0.381 e. The van der Waals surface area contributed by atoms with Crippen LogP contribution in [0.3, 0.4) is 0 Å². The van der Waals surface area contributed by atoms with Crippen molar-refractivity contribution < 1.29 is 4.79 Å². The Morgan fingerprint density at radius 1 is 1.16 bits per heavy atom. The van der Waals surface area contributed by atoms with E-state index in [0.717, 1.165) is 17.7 Å². The summed E-state index contributed by atoms with van der Waals surface area (Å²) in [5, 5.41) is 3.32. The average molecular weight is 254 g/mol. The van der Waals surface area contributed by atoms with Gasteiger partial charge in [0.1, 0.15) is 0 Å². The van der Waals surface area contributed by atoms with Crippen LogP contribution in [0.2, 0.25) is 0 Å². The van der Waals surface area contributed by atoms with Crippen LogP contribution in [0, 0.1) is 0 Å². The topological polar surface area (TPSA) is 55.1 Å². The fraction of sp³-hybridized carbons (Fsp3) is 0.188. The molecule has 0 atom stereocenters. The van der Waals surface area contributed by atoms with Gasteiger partial charge in [-0.25, -0.2) is 0 Å². The molecule has 0 radical (unpaired) electrons. The number of carbonyl (C=O) groups is 1. The van der Waals surface area contributed by atoms with Crippen LogP contribution < -0.4 is 11.1 Å². The third-order valence-electron chi connectivity index (χ3n) is 3.10. The number of aryl methyl sites for hydroxylation is 1. The van der Waals surface area contributed by atoms with Gasteiger partial charge in [0, 0.05) is 17.8 Å². The van der Waals surface area contributed by atoms with E-state index < -0.39 is 0 Å². The van der Waals surface area contributed by atoms with Gasteiger partial charge in [0.25, 0.3) is 0 Å². The van der Waals surface area contributed by atoms with E-state index in [1.807, 2.05) is 30.3 Å². The fourth-order valence-electron chi connectivity index (χ4n) is 2.01. The van der Waals surface area contributed by atoms with E-state index in [4.69, 9.17) is 5.73 Å². The first-order chi connectivity index (χ1) is 9.20. The molecule has 0 saturated heterocycles. The zero-order valence-corrected chi connectivity index (χ0v) is 11.0. The second-order valence-electron chi connectivity index (χ2n) is 4.43. The van der Waals surface area contributed by atoms with Crippen LogP contribution >= 0.6 is 0 Å². The van der Waals surface area contributed by atoms with Crippen molar-refractivity contribution in [3.63, 3.8) is 0 Å². The number of nitrogens with one attached hydrogen (secondary N) is 1. The van der Waals surface area contributed by atoms with E-state index in [2.05, 4.69) is 24.4 Å². The SMILES string of the molecule is CCc1cccc(NCc2ccccc2C(N)=O)c1. The predicted molar refractivity (Wildman–Crippen MR) is 78.1 cm³/mol. The minimum atomic E-state index is -0.389. The maximum absolute atomic E-state index is 11.3. The number of primary amides is 1. The highest BCUT2D eigenvalue weighted by Gasteiger charge is 2.06. The Morgan fingerprint density at radius 3 is 2.68 bits per heavy atom. The van der Waals surface area contributed by atoms with Gasteiger partial charge in [-0.15, -0.1) is 0 Å². The van der Waals surface area contributed by atoms with Gasteiger partial charge in [0.15, 0.2) is 0 Å². The molecule has 0 heterocycles. The molecule has 3 nitrogen and oxygen atoms in total. The van der Waals surface area contributed by atoms with E-state index in [9.17, 15) is 4.79 Å². The molecule has 2 aromatic rings. The van der Waals surface area contributed by atoms with Crippen LogP contribution in [0.15, 0.2) is 48.5 Å². The molecule has 2 rings (SSSR count). The Kier molecular flexibility index (Phi) is 4.18. The van der Waals surface area contributed by atoms with E-state index in [0.29, 0.717) is 12.1 Å². The number of carbonyl (C=O) groups excluding carboxylic acids is 1. The van der Waals surface area contributed by atoms with Crippen molar-refractivity contribution in [3.8, 4) is 0 Å². The lowest BCUT2D eigenvalue weighted by molar-refractivity contribution is 0.0999. The Labute approximate surface area is 113 Å². The van der Waals surface area contributed by atoms with Gasteiger partial charge in [-0.1, -0.05) is 37.3 Å². The standard InChI is InChI=1S/C16H18N2O/c1-2-12-6-5-8-14(10-12)18-11-13-7-3-4-9-15(13)16(17)19/h3-10,18H,2,11H2,1H3,(H2,17,19). The quantitative estimate of drug-likeness (QED) is 0.862. The summed E-state index contributed by atoms with van der Waals surface area (Å²) in [6.07, 6.45) is 1.01. The van der Waals surface area contributed by atoms with Gasteiger partial charge in [-0.3, -0.25) is 4.79 Å². The molecule has 19 heavy (non-hydrogen) atoms. The molecule has 0 aliphatic carbocycles. The second kappa shape index (κ2) is 6.05. The smallest absolute Gasteiger partial charge is 0.249 e. The van der Waals surface area contributed by atoms with Crippen molar-refractivity contribution in [3.05, 3.63) is 65.2 Å². The van der Waals surface area contributed by atoms with Crippen molar-refractivity contribution >= 4 is 11.6 Å². The van der Waals surface area contributed by atoms with Crippen molar-refractivity contribution in [1.82, 2.24) is 0 Å². The van der Waals surface area contributed by atoms with Gasteiger partial charge in [-0.05, 0) is 35.7 Å². The van der Waals surface area contributed by atoms with Crippen LogP contribution in [-0.2, 0) is 13.0 Å². The first kappa shape index (κ1) is 13.1. The van der Waals surface area contributed by atoms with Crippen LogP contribution in [-0.4, -0.2) is 5.91 Å². The molecule has 3 heteroatoms. The summed E-state index contributed by atoms with van der Waals surface area (Å²) in [5.74, 6) is -0.389. The molecule has 0 bridgehead atoms. The largest absolute Gasteiger partial charge is 0.381 e. The summed E-state index contributed by atoms with van der Waals surface area (Å²) in [4.78, 5) is 11.3.